The molecule has 136 valence electrons. The van der Waals surface area contributed by atoms with Gasteiger partial charge in [0.1, 0.15) is 5.78 Å². The number of Topliss-reactive ketones (excluding diaryl/α,β-unsaturated/α-hetero) is 1. The molecule has 0 fully saturated rings. The second-order valence-electron chi connectivity index (χ2n) is 6.92. The Hall–Kier alpha value is -2.54. The molecule has 0 saturated carbocycles. The third kappa shape index (κ3) is 3.64. The molecule has 1 aliphatic heterocycles. The number of ketones is 1. The van der Waals surface area contributed by atoms with E-state index in [1.54, 1.807) is 6.20 Å². The van der Waals surface area contributed by atoms with Gasteiger partial charge >= 0.3 is 7.12 Å². The first-order valence-corrected chi connectivity index (χ1v) is 9.13. The van der Waals surface area contributed by atoms with Crippen LogP contribution in [0.25, 0.3) is 10.8 Å². The van der Waals surface area contributed by atoms with E-state index in [0.717, 1.165) is 39.3 Å². The quantitative estimate of drug-likeness (QED) is 0.671. The summed E-state index contributed by atoms with van der Waals surface area (Å²) >= 11 is 0. The number of hydrogen-bond donors (Lipinski definition) is 2. The minimum Gasteiger partial charge on any atom is -0.423 e. The number of nitrogens with two attached hydrogens (primary N) is 1. The van der Waals surface area contributed by atoms with Crippen molar-refractivity contribution >= 4 is 29.1 Å². The summed E-state index contributed by atoms with van der Waals surface area (Å²) in [5.41, 5.74) is 9.52. The Labute approximate surface area is 158 Å². The highest BCUT2D eigenvalue weighted by atomic mass is 16.5. The second-order valence-corrected chi connectivity index (χ2v) is 6.92. The van der Waals surface area contributed by atoms with Crippen molar-refractivity contribution < 1.29 is 14.5 Å². The van der Waals surface area contributed by atoms with Gasteiger partial charge in [-0.15, -0.1) is 0 Å². The Morgan fingerprint density at radius 2 is 2.11 bits per heavy atom. The van der Waals surface area contributed by atoms with Crippen LogP contribution in [-0.4, -0.2) is 36.1 Å². The van der Waals surface area contributed by atoms with Crippen LogP contribution >= 0.6 is 0 Å². The smallest absolute Gasteiger partial charge is 0.423 e. The van der Waals surface area contributed by atoms with Gasteiger partial charge in [-0.2, -0.15) is 0 Å². The summed E-state index contributed by atoms with van der Waals surface area (Å²) < 4.78 is 5.30. The van der Waals surface area contributed by atoms with Crippen molar-refractivity contribution in [1.82, 2.24) is 4.98 Å². The molecule has 1 aromatic heterocycles. The van der Waals surface area contributed by atoms with Crippen molar-refractivity contribution in [2.45, 2.75) is 18.8 Å². The molecule has 27 heavy (non-hydrogen) atoms. The van der Waals surface area contributed by atoms with Gasteiger partial charge in [0, 0.05) is 37.4 Å². The largest absolute Gasteiger partial charge is 0.491 e. The first kappa shape index (κ1) is 17.9. The normalized spacial score (nSPS) is 14.8. The van der Waals surface area contributed by atoms with Crippen molar-refractivity contribution in [3.05, 3.63) is 71.5 Å². The van der Waals surface area contributed by atoms with E-state index in [1.165, 1.54) is 0 Å². The topological polar surface area (TPSA) is 85.4 Å². The first-order valence-electron chi connectivity index (χ1n) is 9.13. The van der Waals surface area contributed by atoms with Crippen LogP contribution in [0.15, 0.2) is 54.9 Å². The maximum atomic E-state index is 12.9. The van der Waals surface area contributed by atoms with E-state index in [9.17, 15) is 9.82 Å². The van der Waals surface area contributed by atoms with Crippen LogP contribution in [0.2, 0.25) is 0 Å². The van der Waals surface area contributed by atoms with Gasteiger partial charge in [0.15, 0.2) is 0 Å². The molecule has 4 rings (SSSR count). The monoisotopic (exact) mass is 360 g/mol. The predicted molar refractivity (Wildman–Crippen MR) is 106 cm³/mol. The molecule has 0 amide bonds. The molecular weight excluding hydrogens is 339 g/mol. The SMILES string of the molecule is NCC(C(=O)Cc1ccc2cnccc2c1)c1ccc2c(c1)B(O)OCC2. The van der Waals surface area contributed by atoms with Crippen LogP contribution in [0.5, 0.6) is 0 Å². The van der Waals surface area contributed by atoms with E-state index in [4.69, 9.17) is 10.4 Å². The van der Waals surface area contributed by atoms with Gasteiger partial charge in [0.2, 0.25) is 0 Å². The maximum absolute atomic E-state index is 12.9. The zero-order chi connectivity index (χ0) is 18.8. The van der Waals surface area contributed by atoms with Gasteiger partial charge in [-0.3, -0.25) is 9.78 Å². The van der Waals surface area contributed by atoms with Crippen LogP contribution in [0, 0.1) is 0 Å². The lowest BCUT2D eigenvalue weighted by molar-refractivity contribution is -0.119. The molecule has 1 unspecified atom stereocenters. The predicted octanol–water partition coefficient (Wildman–Crippen LogP) is 1.35. The third-order valence-corrected chi connectivity index (χ3v) is 5.19. The van der Waals surface area contributed by atoms with E-state index in [1.807, 2.05) is 48.7 Å². The number of carbonyl (C=O) groups excluding carboxylic acids is 1. The maximum Gasteiger partial charge on any atom is 0.491 e. The summed E-state index contributed by atoms with van der Waals surface area (Å²) in [5.74, 6) is -0.338. The van der Waals surface area contributed by atoms with Crippen molar-refractivity contribution in [1.29, 1.82) is 0 Å². The van der Waals surface area contributed by atoms with Gasteiger partial charge in [-0.25, -0.2) is 0 Å². The summed E-state index contributed by atoms with van der Waals surface area (Å²) in [6.45, 7) is 0.732. The summed E-state index contributed by atoms with van der Waals surface area (Å²) in [6, 6.07) is 13.7. The van der Waals surface area contributed by atoms with Crippen LogP contribution in [0.1, 0.15) is 22.6 Å². The highest BCUT2D eigenvalue weighted by molar-refractivity contribution is 6.60. The van der Waals surface area contributed by atoms with E-state index in [-0.39, 0.29) is 12.3 Å². The number of rotatable bonds is 5. The number of hydrogen-bond acceptors (Lipinski definition) is 5. The van der Waals surface area contributed by atoms with Gasteiger partial charge in [0.05, 0.1) is 5.92 Å². The molecule has 1 atom stereocenters. The Bertz CT molecular complexity index is 992. The third-order valence-electron chi connectivity index (χ3n) is 5.19. The van der Waals surface area contributed by atoms with Gasteiger partial charge in [0.25, 0.3) is 0 Å². The minimum atomic E-state index is -0.934. The molecule has 6 heteroatoms. The number of fused-ring (bicyclic) bond motifs is 2. The first-order chi connectivity index (χ1) is 13.2. The standard InChI is InChI=1S/C21H21BN2O3/c23-12-19(17-4-3-15-6-8-27-22(26)20(15)11-17)21(25)10-14-1-2-18-13-24-7-5-16(18)9-14/h1-5,7,9,11,13,19,26H,6,8,10,12,23H2. The van der Waals surface area contributed by atoms with Crippen LogP contribution in [0.3, 0.4) is 0 Å². The van der Waals surface area contributed by atoms with E-state index in [0.29, 0.717) is 13.0 Å². The van der Waals surface area contributed by atoms with Crippen molar-refractivity contribution in [2.24, 2.45) is 5.73 Å². The Morgan fingerprint density at radius 1 is 1.22 bits per heavy atom. The average molecular weight is 360 g/mol. The second kappa shape index (κ2) is 7.60. The molecule has 0 bridgehead atoms. The summed E-state index contributed by atoms with van der Waals surface area (Å²) in [6.07, 6.45) is 4.64. The van der Waals surface area contributed by atoms with E-state index >= 15 is 0 Å². The minimum absolute atomic E-state index is 0.0667. The van der Waals surface area contributed by atoms with Crippen LogP contribution in [0.4, 0.5) is 0 Å². The lowest BCUT2D eigenvalue weighted by Gasteiger charge is -2.22. The van der Waals surface area contributed by atoms with Crippen LogP contribution in [-0.2, 0) is 22.3 Å². The molecular formula is C21H21BN2O3. The van der Waals surface area contributed by atoms with Crippen molar-refractivity contribution in [2.75, 3.05) is 13.2 Å². The van der Waals surface area contributed by atoms with Crippen molar-refractivity contribution in [3.63, 3.8) is 0 Å². The lowest BCUT2D eigenvalue weighted by atomic mass is 9.72. The zero-order valence-corrected chi connectivity index (χ0v) is 15.0. The summed E-state index contributed by atoms with van der Waals surface area (Å²) in [7, 11) is -0.934. The van der Waals surface area contributed by atoms with Gasteiger partial charge in [-0.1, -0.05) is 36.4 Å². The number of pyridine rings is 1. The fourth-order valence-corrected chi connectivity index (χ4v) is 3.68. The lowest BCUT2D eigenvalue weighted by Crippen LogP contribution is -2.41. The molecule has 0 spiro atoms. The van der Waals surface area contributed by atoms with Gasteiger partial charge < -0.3 is 15.4 Å². The number of carbonyl (C=O) groups is 1. The fraction of sp³-hybridized carbons (Fsp3) is 0.238. The molecule has 3 N–H and O–H groups in total. The van der Waals surface area contributed by atoms with Crippen LogP contribution < -0.4 is 11.2 Å². The molecule has 2 heterocycles. The van der Waals surface area contributed by atoms with E-state index < -0.39 is 13.0 Å². The number of benzene rings is 2. The Kier molecular flexibility index (Phi) is 5.03. The summed E-state index contributed by atoms with van der Waals surface area (Å²) in [4.78, 5) is 17.1. The molecule has 1 aliphatic rings. The van der Waals surface area contributed by atoms with E-state index in [2.05, 4.69) is 4.98 Å². The number of nitrogens with zero attached hydrogens (tertiary/aromatic N) is 1. The highest BCUT2D eigenvalue weighted by Gasteiger charge is 2.27. The summed E-state index contributed by atoms with van der Waals surface area (Å²) in [5, 5.41) is 12.2. The molecule has 0 aliphatic carbocycles. The Morgan fingerprint density at radius 3 is 2.96 bits per heavy atom. The van der Waals surface area contributed by atoms with Crippen molar-refractivity contribution in [3.8, 4) is 0 Å². The molecule has 2 aromatic carbocycles. The molecule has 0 saturated heterocycles. The molecule has 3 aromatic rings. The zero-order valence-electron chi connectivity index (χ0n) is 15.0. The fourth-order valence-electron chi connectivity index (χ4n) is 3.68. The molecule has 0 radical (unpaired) electrons. The Balaban J connectivity index is 1.58. The highest BCUT2D eigenvalue weighted by Crippen LogP contribution is 2.21. The van der Waals surface area contributed by atoms with Gasteiger partial charge in [-0.05, 0) is 40.0 Å². The molecule has 5 nitrogen and oxygen atoms in total. The average Bonchev–Trinajstić information content (AvgIpc) is 2.69. The number of aromatic nitrogens is 1.